The smallest absolute Gasteiger partial charge is 0.162 e. The number of ether oxygens (including phenoxy) is 1. The van der Waals surface area contributed by atoms with Gasteiger partial charge in [0.05, 0.1) is 13.2 Å². The number of hydrogen-bond donors (Lipinski definition) is 3. The number of phenols is 1. The Labute approximate surface area is 102 Å². The van der Waals surface area contributed by atoms with Crippen molar-refractivity contribution in [1.29, 1.82) is 0 Å². The Hall–Kier alpha value is -1.26. The van der Waals surface area contributed by atoms with E-state index in [0.29, 0.717) is 18.9 Å². The molecule has 0 aliphatic carbocycles. The molecule has 1 aromatic carbocycles. The predicted molar refractivity (Wildman–Crippen MR) is 67.3 cm³/mol. The number of rotatable bonds is 7. The summed E-state index contributed by atoms with van der Waals surface area (Å²) in [5, 5.41) is 22.2. The third kappa shape index (κ3) is 3.91. The lowest BCUT2D eigenvalue weighted by Crippen LogP contribution is -2.31. The number of aliphatic hydroxyl groups is 1. The normalized spacial score (nSPS) is 12.4. The SMILES string of the molecule is CCOc1cccc(CNC(CC)CO)c1O. The standard InChI is InChI=1S/C13H21NO3/c1-3-11(9-15)14-8-10-6-5-7-12(13(10)16)17-4-2/h5-7,11,14-16H,3-4,8-9H2,1-2H3. The first-order valence-electron chi connectivity index (χ1n) is 6.00. The Morgan fingerprint density at radius 1 is 1.35 bits per heavy atom. The van der Waals surface area contributed by atoms with E-state index < -0.39 is 0 Å². The Kier molecular flexibility index (Phi) is 5.80. The second kappa shape index (κ2) is 7.14. The number of nitrogens with one attached hydrogen (secondary N) is 1. The van der Waals surface area contributed by atoms with Crippen LogP contribution in [0.15, 0.2) is 18.2 Å². The first-order valence-corrected chi connectivity index (χ1v) is 6.00. The van der Waals surface area contributed by atoms with Gasteiger partial charge in [0.15, 0.2) is 11.5 Å². The van der Waals surface area contributed by atoms with Crippen molar-refractivity contribution in [3.63, 3.8) is 0 Å². The van der Waals surface area contributed by atoms with Crippen molar-refractivity contribution in [2.24, 2.45) is 0 Å². The van der Waals surface area contributed by atoms with Crippen LogP contribution in [0.25, 0.3) is 0 Å². The highest BCUT2D eigenvalue weighted by molar-refractivity contribution is 5.45. The Morgan fingerprint density at radius 3 is 2.71 bits per heavy atom. The van der Waals surface area contributed by atoms with Crippen LogP contribution in [0.3, 0.4) is 0 Å². The molecule has 0 aliphatic rings. The molecule has 0 aromatic heterocycles. The molecule has 96 valence electrons. The van der Waals surface area contributed by atoms with Crippen molar-refractivity contribution in [2.45, 2.75) is 32.9 Å². The quantitative estimate of drug-likeness (QED) is 0.677. The van der Waals surface area contributed by atoms with E-state index in [9.17, 15) is 5.11 Å². The van der Waals surface area contributed by atoms with Gasteiger partial charge in [-0.25, -0.2) is 0 Å². The Morgan fingerprint density at radius 2 is 2.12 bits per heavy atom. The maximum atomic E-state index is 9.95. The van der Waals surface area contributed by atoms with Crippen LogP contribution in [0.1, 0.15) is 25.8 Å². The first kappa shape index (κ1) is 13.8. The maximum Gasteiger partial charge on any atom is 0.162 e. The highest BCUT2D eigenvalue weighted by Crippen LogP contribution is 2.29. The molecular weight excluding hydrogens is 218 g/mol. The zero-order chi connectivity index (χ0) is 12.7. The van der Waals surface area contributed by atoms with Crippen LogP contribution in [0, 0.1) is 0 Å². The summed E-state index contributed by atoms with van der Waals surface area (Å²) in [4.78, 5) is 0. The Bertz CT molecular complexity index is 337. The topological polar surface area (TPSA) is 61.7 Å². The van der Waals surface area contributed by atoms with Gasteiger partial charge in [0.25, 0.3) is 0 Å². The predicted octanol–water partition coefficient (Wildman–Crippen LogP) is 1.65. The molecule has 0 spiro atoms. The van der Waals surface area contributed by atoms with E-state index in [1.807, 2.05) is 26.0 Å². The van der Waals surface area contributed by atoms with E-state index in [2.05, 4.69) is 5.32 Å². The van der Waals surface area contributed by atoms with Gasteiger partial charge in [-0.1, -0.05) is 19.1 Å². The fourth-order valence-corrected chi connectivity index (χ4v) is 1.57. The fourth-order valence-electron chi connectivity index (χ4n) is 1.57. The van der Waals surface area contributed by atoms with Gasteiger partial charge in [0, 0.05) is 18.2 Å². The maximum absolute atomic E-state index is 9.95. The van der Waals surface area contributed by atoms with Crippen LogP contribution in [-0.4, -0.2) is 29.5 Å². The first-order chi connectivity index (χ1) is 8.22. The summed E-state index contributed by atoms with van der Waals surface area (Å²) in [5.41, 5.74) is 0.780. The summed E-state index contributed by atoms with van der Waals surface area (Å²) in [6.45, 7) is 5.03. The van der Waals surface area contributed by atoms with Crippen molar-refractivity contribution < 1.29 is 14.9 Å². The van der Waals surface area contributed by atoms with Gasteiger partial charge in [-0.3, -0.25) is 0 Å². The fraction of sp³-hybridized carbons (Fsp3) is 0.538. The molecule has 3 N–H and O–H groups in total. The average molecular weight is 239 g/mol. The van der Waals surface area contributed by atoms with Crippen molar-refractivity contribution in [2.75, 3.05) is 13.2 Å². The lowest BCUT2D eigenvalue weighted by molar-refractivity contribution is 0.237. The zero-order valence-electron chi connectivity index (χ0n) is 10.4. The molecule has 4 nitrogen and oxygen atoms in total. The third-order valence-corrected chi connectivity index (χ3v) is 2.68. The van der Waals surface area contributed by atoms with Crippen LogP contribution < -0.4 is 10.1 Å². The average Bonchev–Trinajstić information content (AvgIpc) is 2.35. The number of para-hydroxylation sites is 1. The van der Waals surface area contributed by atoms with Crippen molar-refractivity contribution in [3.8, 4) is 11.5 Å². The van der Waals surface area contributed by atoms with E-state index >= 15 is 0 Å². The van der Waals surface area contributed by atoms with Crippen LogP contribution in [0.5, 0.6) is 11.5 Å². The molecule has 0 fully saturated rings. The molecule has 1 rings (SSSR count). The van der Waals surface area contributed by atoms with E-state index in [0.717, 1.165) is 12.0 Å². The van der Waals surface area contributed by atoms with Gasteiger partial charge in [-0.05, 0) is 19.4 Å². The molecular formula is C13H21NO3. The highest BCUT2D eigenvalue weighted by atomic mass is 16.5. The van der Waals surface area contributed by atoms with Crippen LogP contribution >= 0.6 is 0 Å². The van der Waals surface area contributed by atoms with Gasteiger partial charge < -0.3 is 20.3 Å². The van der Waals surface area contributed by atoms with Crippen LogP contribution in [0.4, 0.5) is 0 Å². The van der Waals surface area contributed by atoms with E-state index in [4.69, 9.17) is 9.84 Å². The third-order valence-electron chi connectivity index (χ3n) is 2.68. The van der Waals surface area contributed by atoms with Gasteiger partial charge in [0.2, 0.25) is 0 Å². The monoisotopic (exact) mass is 239 g/mol. The lowest BCUT2D eigenvalue weighted by atomic mass is 10.1. The summed E-state index contributed by atoms with van der Waals surface area (Å²) in [7, 11) is 0. The number of hydrogen-bond acceptors (Lipinski definition) is 4. The molecule has 0 bridgehead atoms. The molecule has 0 saturated carbocycles. The van der Waals surface area contributed by atoms with Crippen molar-refractivity contribution in [3.05, 3.63) is 23.8 Å². The zero-order valence-corrected chi connectivity index (χ0v) is 10.4. The van der Waals surface area contributed by atoms with Gasteiger partial charge in [-0.2, -0.15) is 0 Å². The molecule has 0 aliphatic heterocycles. The largest absolute Gasteiger partial charge is 0.504 e. The molecule has 4 heteroatoms. The van der Waals surface area contributed by atoms with Crippen molar-refractivity contribution >= 4 is 0 Å². The summed E-state index contributed by atoms with van der Waals surface area (Å²) in [5.74, 6) is 0.679. The highest BCUT2D eigenvalue weighted by Gasteiger charge is 2.09. The molecule has 1 atom stereocenters. The summed E-state index contributed by atoms with van der Waals surface area (Å²) >= 11 is 0. The summed E-state index contributed by atoms with van der Waals surface area (Å²) in [6.07, 6.45) is 0.850. The molecule has 0 heterocycles. The van der Waals surface area contributed by atoms with Gasteiger partial charge in [0.1, 0.15) is 0 Å². The second-order valence-electron chi connectivity index (χ2n) is 3.87. The van der Waals surface area contributed by atoms with Crippen molar-refractivity contribution in [1.82, 2.24) is 5.32 Å². The summed E-state index contributed by atoms with van der Waals surface area (Å²) < 4.78 is 5.31. The molecule has 0 radical (unpaired) electrons. The number of phenolic OH excluding ortho intramolecular Hbond substituents is 1. The van der Waals surface area contributed by atoms with Crippen LogP contribution in [0.2, 0.25) is 0 Å². The minimum absolute atomic E-state index is 0.0603. The van der Waals surface area contributed by atoms with Crippen LogP contribution in [-0.2, 0) is 6.54 Å². The molecule has 1 aromatic rings. The molecule has 17 heavy (non-hydrogen) atoms. The molecule has 0 amide bonds. The minimum atomic E-state index is 0.0603. The number of benzene rings is 1. The number of aliphatic hydroxyl groups excluding tert-OH is 1. The van der Waals surface area contributed by atoms with Gasteiger partial charge in [-0.15, -0.1) is 0 Å². The van der Waals surface area contributed by atoms with E-state index in [1.54, 1.807) is 6.07 Å². The van der Waals surface area contributed by atoms with E-state index in [1.165, 1.54) is 0 Å². The second-order valence-corrected chi connectivity index (χ2v) is 3.87. The molecule has 0 saturated heterocycles. The molecule has 1 unspecified atom stereocenters. The lowest BCUT2D eigenvalue weighted by Gasteiger charge is -2.15. The summed E-state index contributed by atoms with van der Waals surface area (Å²) in [6, 6.07) is 5.49. The van der Waals surface area contributed by atoms with Gasteiger partial charge >= 0.3 is 0 Å². The number of aromatic hydroxyl groups is 1. The minimum Gasteiger partial charge on any atom is -0.504 e. The van der Waals surface area contributed by atoms with E-state index in [-0.39, 0.29) is 18.4 Å². The Balaban J connectivity index is 2.67.